The molecule has 1 aliphatic rings. The summed E-state index contributed by atoms with van der Waals surface area (Å²) in [7, 11) is 3.24. The molecule has 5 nitrogen and oxygen atoms in total. The molecule has 6 heteroatoms. The van der Waals surface area contributed by atoms with Gasteiger partial charge in [-0.2, -0.15) is 0 Å². The summed E-state index contributed by atoms with van der Waals surface area (Å²) in [4.78, 5) is 13.4. The summed E-state index contributed by atoms with van der Waals surface area (Å²) < 4.78 is 22.1. The summed E-state index contributed by atoms with van der Waals surface area (Å²) in [5.74, 6) is 4.66. The lowest BCUT2D eigenvalue weighted by atomic mass is 9.87. The van der Waals surface area contributed by atoms with Gasteiger partial charge in [-0.15, -0.1) is 0 Å². The molecule has 0 aromatic heterocycles. The molecule has 0 aliphatic carbocycles. The predicted octanol–water partition coefficient (Wildman–Crippen LogP) is 4.74. The summed E-state index contributed by atoms with van der Waals surface area (Å²) in [5.41, 5.74) is 0.631. The number of carbonyl (C=O) groups excluding carboxylic acids is 1. The van der Waals surface area contributed by atoms with Gasteiger partial charge in [0.25, 0.3) is 0 Å². The molecular formula is C24H31O5S+. The van der Waals surface area contributed by atoms with Crippen molar-refractivity contribution in [2.45, 2.75) is 26.0 Å². The van der Waals surface area contributed by atoms with Crippen LogP contribution in [0.15, 0.2) is 42.5 Å². The average Bonchev–Trinajstić information content (AvgIpc) is 2.74. The molecule has 0 radical (unpaired) electrons. The Morgan fingerprint density at radius 1 is 0.933 bits per heavy atom. The van der Waals surface area contributed by atoms with E-state index in [1.165, 1.54) is 0 Å². The van der Waals surface area contributed by atoms with E-state index in [2.05, 4.69) is 20.8 Å². The first-order chi connectivity index (χ1) is 14.3. The van der Waals surface area contributed by atoms with Crippen LogP contribution in [0.5, 0.6) is 23.0 Å². The second-order valence-electron chi connectivity index (χ2n) is 8.31. The van der Waals surface area contributed by atoms with Crippen LogP contribution in [-0.2, 0) is 15.6 Å². The smallest absolute Gasteiger partial charge is 0.215 e. The molecule has 2 aromatic carbocycles. The first-order valence-electron chi connectivity index (χ1n) is 10.1. The van der Waals surface area contributed by atoms with E-state index in [1.807, 2.05) is 30.3 Å². The van der Waals surface area contributed by atoms with E-state index < -0.39 is 0 Å². The lowest BCUT2D eigenvalue weighted by Crippen LogP contribution is -2.47. The van der Waals surface area contributed by atoms with Gasteiger partial charge in [0.05, 0.1) is 27.4 Å². The average molecular weight is 432 g/mol. The van der Waals surface area contributed by atoms with Crippen LogP contribution in [0.4, 0.5) is 0 Å². The van der Waals surface area contributed by atoms with Crippen molar-refractivity contribution in [1.82, 2.24) is 0 Å². The number of carbonyl (C=O) groups is 1. The fourth-order valence-corrected chi connectivity index (χ4v) is 6.42. The maximum atomic E-state index is 13.4. The van der Waals surface area contributed by atoms with Crippen molar-refractivity contribution in [1.29, 1.82) is 0 Å². The Hall–Kier alpha value is -2.18. The highest BCUT2D eigenvalue weighted by Crippen LogP contribution is 2.35. The number of ketones is 1. The predicted molar refractivity (Wildman–Crippen MR) is 122 cm³/mol. The van der Waals surface area contributed by atoms with Crippen LogP contribution in [-0.4, -0.2) is 50.0 Å². The molecule has 3 rings (SSSR count). The maximum absolute atomic E-state index is 13.4. The van der Waals surface area contributed by atoms with Gasteiger partial charge in [0, 0.05) is 27.9 Å². The Kier molecular flexibility index (Phi) is 7.32. The summed E-state index contributed by atoms with van der Waals surface area (Å²) in [6.07, 6.45) is 0. The second-order valence-corrected chi connectivity index (χ2v) is 10.7. The maximum Gasteiger partial charge on any atom is 0.215 e. The molecule has 1 heterocycles. The SMILES string of the molecule is COc1ccc(Oc2ccc(C(=O)C([S+]3CCOCC3)C(C)(C)C)cc2)c(OC)c1. The van der Waals surface area contributed by atoms with Crippen molar-refractivity contribution in [3.05, 3.63) is 48.0 Å². The van der Waals surface area contributed by atoms with Gasteiger partial charge in [0.1, 0.15) is 23.0 Å². The van der Waals surface area contributed by atoms with E-state index in [0.29, 0.717) is 23.0 Å². The van der Waals surface area contributed by atoms with E-state index in [0.717, 1.165) is 30.3 Å². The monoisotopic (exact) mass is 431 g/mol. The fourth-order valence-electron chi connectivity index (χ4n) is 3.64. The largest absolute Gasteiger partial charge is 0.497 e. The van der Waals surface area contributed by atoms with Gasteiger partial charge in [0.2, 0.25) is 5.78 Å². The van der Waals surface area contributed by atoms with Gasteiger partial charge < -0.3 is 18.9 Å². The molecule has 0 saturated carbocycles. The van der Waals surface area contributed by atoms with Crippen LogP contribution in [0.1, 0.15) is 31.1 Å². The number of Topliss-reactive ketones (excluding diaryl/α,β-unsaturated/α-hetero) is 1. The van der Waals surface area contributed by atoms with E-state index in [4.69, 9.17) is 18.9 Å². The molecule has 1 aliphatic heterocycles. The highest BCUT2D eigenvalue weighted by atomic mass is 32.2. The molecule has 1 saturated heterocycles. The summed E-state index contributed by atoms with van der Waals surface area (Å²) in [6.45, 7) is 7.97. The fraction of sp³-hybridized carbons (Fsp3) is 0.458. The Morgan fingerprint density at radius 2 is 1.57 bits per heavy atom. The molecule has 0 spiro atoms. The molecule has 30 heavy (non-hydrogen) atoms. The number of rotatable bonds is 7. The molecule has 0 amide bonds. The van der Waals surface area contributed by atoms with Gasteiger partial charge in [-0.1, -0.05) is 20.8 Å². The quantitative estimate of drug-likeness (QED) is 0.468. The standard InChI is InChI=1S/C24H31O5S/c1-24(2,3)23(30-14-12-28-13-15-30)22(25)17-6-8-18(9-7-17)29-20-11-10-19(26-4)16-21(20)27-5/h6-11,16,23H,12-15H2,1-5H3/q+1. The lowest BCUT2D eigenvalue weighted by molar-refractivity contribution is 0.0946. The number of hydrogen-bond donors (Lipinski definition) is 0. The first kappa shape index (κ1) is 22.5. The normalized spacial score (nSPS) is 16.0. The lowest BCUT2D eigenvalue weighted by Gasteiger charge is -2.31. The van der Waals surface area contributed by atoms with Gasteiger partial charge in [-0.3, -0.25) is 4.79 Å². The van der Waals surface area contributed by atoms with E-state index in [1.54, 1.807) is 26.4 Å². The molecule has 0 N–H and O–H groups in total. The Morgan fingerprint density at radius 3 is 2.13 bits per heavy atom. The minimum Gasteiger partial charge on any atom is -0.497 e. The molecule has 1 atom stereocenters. The van der Waals surface area contributed by atoms with Crippen molar-refractivity contribution in [2.24, 2.45) is 5.41 Å². The highest BCUT2D eigenvalue weighted by Gasteiger charge is 2.46. The summed E-state index contributed by atoms with van der Waals surface area (Å²) in [6, 6.07) is 12.8. The highest BCUT2D eigenvalue weighted by molar-refractivity contribution is 7.98. The zero-order valence-corrected chi connectivity index (χ0v) is 19.2. The minimum atomic E-state index is -0.0941. The van der Waals surface area contributed by atoms with Crippen LogP contribution in [0.2, 0.25) is 0 Å². The zero-order chi connectivity index (χ0) is 21.7. The zero-order valence-electron chi connectivity index (χ0n) is 18.4. The first-order valence-corrected chi connectivity index (χ1v) is 11.7. The van der Waals surface area contributed by atoms with E-state index in [-0.39, 0.29) is 27.3 Å². The molecule has 2 aromatic rings. The van der Waals surface area contributed by atoms with Crippen molar-refractivity contribution >= 4 is 16.7 Å². The third-order valence-electron chi connectivity index (χ3n) is 5.08. The number of methoxy groups -OCH3 is 2. The summed E-state index contributed by atoms with van der Waals surface area (Å²) >= 11 is 0. The third-order valence-corrected chi connectivity index (χ3v) is 8.05. The molecule has 1 unspecified atom stereocenters. The summed E-state index contributed by atoms with van der Waals surface area (Å²) in [5, 5.41) is -0.00477. The molecular weight excluding hydrogens is 400 g/mol. The third kappa shape index (κ3) is 5.29. The van der Waals surface area contributed by atoms with Gasteiger partial charge in [-0.05, 0) is 36.4 Å². The molecule has 1 fully saturated rings. The van der Waals surface area contributed by atoms with Crippen LogP contribution < -0.4 is 14.2 Å². The Balaban J connectivity index is 1.78. The van der Waals surface area contributed by atoms with Gasteiger partial charge >= 0.3 is 0 Å². The Labute approximate surface area is 182 Å². The van der Waals surface area contributed by atoms with Crippen molar-refractivity contribution in [3.8, 4) is 23.0 Å². The molecule has 162 valence electrons. The van der Waals surface area contributed by atoms with Crippen LogP contribution in [0.3, 0.4) is 0 Å². The number of benzene rings is 2. The minimum absolute atomic E-state index is 0.00477. The Bertz CT molecular complexity index is 851. The van der Waals surface area contributed by atoms with Crippen LogP contribution in [0.25, 0.3) is 0 Å². The van der Waals surface area contributed by atoms with Gasteiger partial charge in [0.15, 0.2) is 16.7 Å². The number of hydrogen-bond acceptors (Lipinski definition) is 5. The van der Waals surface area contributed by atoms with E-state index in [9.17, 15) is 4.79 Å². The van der Waals surface area contributed by atoms with Crippen molar-refractivity contribution in [2.75, 3.05) is 38.9 Å². The van der Waals surface area contributed by atoms with Gasteiger partial charge in [-0.25, -0.2) is 0 Å². The second kappa shape index (κ2) is 9.75. The molecule has 0 bridgehead atoms. The van der Waals surface area contributed by atoms with Crippen LogP contribution in [0, 0.1) is 5.41 Å². The number of ether oxygens (including phenoxy) is 4. The van der Waals surface area contributed by atoms with Crippen molar-refractivity contribution < 1.29 is 23.7 Å². The van der Waals surface area contributed by atoms with Crippen molar-refractivity contribution in [3.63, 3.8) is 0 Å². The topological polar surface area (TPSA) is 54.0 Å². The van der Waals surface area contributed by atoms with Crippen LogP contribution >= 0.6 is 0 Å². The van der Waals surface area contributed by atoms with E-state index >= 15 is 0 Å².